The van der Waals surface area contributed by atoms with Crippen LogP contribution >= 0.6 is 11.6 Å². The van der Waals surface area contributed by atoms with Crippen molar-refractivity contribution in [1.29, 1.82) is 0 Å². The third kappa shape index (κ3) is 21.1. The largest absolute Gasteiger partial charge is 0.393 e. The van der Waals surface area contributed by atoms with Crippen molar-refractivity contribution in [2.24, 2.45) is 35.5 Å². The molecule has 0 aromatic heterocycles. The van der Waals surface area contributed by atoms with Crippen LogP contribution in [0, 0.1) is 35.5 Å². The lowest BCUT2D eigenvalue weighted by Gasteiger charge is -2.42. The molecule has 3 unspecified atom stereocenters. The van der Waals surface area contributed by atoms with Crippen LogP contribution in [0.15, 0.2) is 0 Å². The number of hydrogen-bond donors (Lipinski definition) is 3. The van der Waals surface area contributed by atoms with Gasteiger partial charge in [-0.3, -0.25) is 57.5 Å². The van der Waals surface area contributed by atoms with Gasteiger partial charge in [-0.2, -0.15) is 26.3 Å². The molecule has 4 aliphatic heterocycles. The Hall–Kier alpha value is -6.53. The van der Waals surface area contributed by atoms with Gasteiger partial charge in [-0.1, -0.05) is 65.7 Å². The second-order valence-electron chi connectivity index (χ2n) is 31.6. The van der Waals surface area contributed by atoms with Gasteiger partial charge < -0.3 is 64.8 Å². The first-order valence-electron chi connectivity index (χ1n) is 38.8. The summed E-state index contributed by atoms with van der Waals surface area (Å²) in [6.07, 6.45) is -3.75. The number of fused-ring (bicyclic) bond motifs is 2. The Morgan fingerprint density at radius 3 is 1.82 bits per heavy atom. The van der Waals surface area contributed by atoms with Gasteiger partial charge in [-0.15, -0.1) is 11.6 Å². The van der Waals surface area contributed by atoms with Crippen molar-refractivity contribution in [2.75, 3.05) is 101 Å². The molecule has 8 fully saturated rings. The van der Waals surface area contributed by atoms with Crippen molar-refractivity contribution in [3.63, 3.8) is 0 Å². The predicted octanol–water partition coefficient (Wildman–Crippen LogP) is 6.41. The van der Waals surface area contributed by atoms with Crippen LogP contribution < -0.4 is 16.0 Å². The molecule has 4 aliphatic carbocycles. The number of alkyl halides is 7. The van der Waals surface area contributed by atoms with Gasteiger partial charge >= 0.3 is 12.4 Å². The maximum absolute atomic E-state index is 15.8. The number of nitrogens with zero attached hydrogens (tertiary/aromatic N) is 9. The van der Waals surface area contributed by atoms with E-state index in [0.717, 1.165) is 27.5 Å². The number of ether oxygens (including phenoxy) is 1. The highest BCUT2D eigenvalue weighted by molar-refractivity contribution is 6.21. The zero-order chi connectivity index (χ0) is 77.7. The highest BCUT2D eigenvalue weighted by Gasteiger charge is 2.53. The molecule has 25 nitrogen and oxygen atoms in total. The molecule has 0 aromatic rings. The SMILES string of the molecule is CCCN1C(=O)CN(C)C(=O)CN(C)C(=O)[C@H]([C@@H](C)CC)NC(=O)[C@@H]2CCCCCN2C(=O)C[C@@H](C(=O)N2CCOCC2)N(C)C(=O)[C@H](C2CCCC2)N(C)C(=O)C2(CCCC2)NC(=O)[C@@H]2CCCN2C(=O)[C@H](CCC2CCC(C(F)(F)F)C(Cl)C2)NC(=O)CN(C)C(=O)[C@@H]1CC1CCC(C(F)(F)F)CC1. The number of carbonyl (C=O) groups excluding carboxylic acids is 12. The van der Waals surface area contributed by atoms with Crippen LogP contribution in [0.2, 0.25) is 0 Å². The molecule has 106 heavy (non-hydrogen) atoms. The molecule has 11 atom stereocenters. The number of carbonyl (C=O) groups is 12. The van der Waals surface area contributed by atoms with Crippen LogP contribution in [0.5, 0.6) is 0 Å². The molecule has 4 saturated carbocycles. The first-order chi connectivity index (χ1) is 50.1. The fraction of sp³-hybridized carbons (Fsp3) is 0.838. The van der Waals surface area contributed by atoms with E-state index < -0.39 is 198 Å². The second-order valence-corrected chi connectivity index (χ2v) is 32.1. The molecule has 4 saturated heterocycles. The fourth-order valence-electron chi connectivity index (χ4n) is 17.6. The lowest BCUT2D eigenvalue weighted by molar-refractivity contribution is -0.184. The third-order valence-corrected chi connectivity index (χ3v) is 24.7. The van der Waals surface area contributed by atoms with Gasteiger partial charge in [0.05, 0.1) is 51.1 Å². The van der Waals surface area contributed by atoms with Crippen LogP contribution in [-0.4, -0.2) is 281 Å². The van der Waals surface area contributed by atoms with Crippen molar-refractivity contribution in [1.82, 2.24) is 60.0 Å². The summed E-state index contributed by atoms with van der Waals surface area (Å²) in [7, 11) is 6.88. The van der Waals surface area contributed by atoms with Gasteiger partial charge in [-0.25, -0.2) is 0 Å². The van der Waals surface area contributed by atoms with Gasteiger partial charge in [0.1, 0.15) is 47.8 Å². The quantitative estimate of drug-likeness (QED) is 0.149. The first-order valence-corrected chi connectivity index (χ1v) is 39.3. The lowest BCUT2D eigenvalue weighted by atomic mass is 9.78. The number of nitrogens with one attached hydrogen (secondary N) is 3. The van der Waals surface area contributed by atoms with Crippen molar-refractivity contribution in [3.05, 3.63) is 0 Å². The third-order valence-electron chi connectivity index (χ3n) is 24.3. The van der Waals surface area contributed by atoms with Gasteiger partial charge in [0, 0.05) is 73.3 Å². The molecule has 8 aliphatic rings. The molecule has 12 amide bonds. The molecule has 0 aromatic carbocycles. The highest BCUT2D eigenvalue weighted by atomic mass is 35.5. The average molecular weight is 1530 g/mol. The van der Waals surface area contributed by atoms with Gasteiger partial charge in [0.15, 0.2) is 0 Å². The standard InChI is InChI=1S/C74H115ClF6N12O13/c1-9-33-91-57(41-48-23-27-50(28-24-48)73(76,77)78)67(101)86(5)43-58(94)82-53(30-26-47-25-29-51(52(75)40-47)74(79,80)81)66(100)93-35-18-22-55(93)65(99)84-72(31-15-16-32-72)71(105)89(8)63(49-19-13-14-20-49)70(104)88(7)56(68(102)90-36-38-106-39-37-90)42-59(95)92-34-17-11-12-21-54(92)64(98)83-62(46(3)10-2)69(103)87(6)44-60(96)85(4)45-61(91)97/h46-57,62-63H,9-45H2,1-8H3,(H,82,94)(H,83,98)(H,84,99)/t46-,47?,48?,50?,51?,52?,53-,54-,55-,56-,57-,62-,63-/m0/s1. The van der Waals surface area contributed by atoms with E-state index in [1.54, 1.807) is 13.8 Å². The molecular weight excluding hydrogens is 1410 g/mol. The Morgan fingerprint density at radius 2 is 1.20 bits per heavy atom. The van der Waals surface area contributed by atoms with Crippen molar-refractivity contribution < 1.29 is 88.6 Å². The normalized spacial score (nSPS) is 31.0. The van der Waals surface area contributed by atoms with E-state index in [-0.39, 0.29) is 142 Å². The fourth-order valence-corrected chi connectivity index (χ4v) is 18.2. The van der Waals surface area contributed by atoms with Crippen molar-refractivity contribution >= 4 is 82.5 Å². The summed E-state index contributed by atoms with van der Waals surface area (Å²) in [5.74, 6) is -13.5. The zero-order valence-electron chi connectivity index (χ0n) is 63.2. The molecule has 4 heterocycles. The summed E-state index contributed by atoms with van der Waals surface area (Å²) >= 11 is 6.40. The van der Waals surface area contributed by atoms with E-state index in [2.05, 4.69) is 16.0 Å². The van der Waals surface area contributed by atoms with E-state index >= 15 is 33.6 Å². The summed E-state index contributed by atoms with van der Waals surface area (Å²) in [5.41, 5.74) is -1.60. The Balaban J connectivity index is 1.17. The Kier molecular flexibility index (Phi) is 30.3. The molecule has 1 spiro atoms. The van der Waals surface area contributed by atoms with Crippen LogP contribution in [0.1, 0.15) is 194 Å². The smallest absolute Gasteiger partial charge is 0.378 e. The Labute approximate surface area is 624 Å². The number of halogens is 7. The second kappa shape index (κ2) is 37.7. The molecule has 0 radical (unpaired) electrons. The maximum atomic E-state index is 15.8. The van der Waals surface area contributed by atoms with Crippen LogP contribution in [0.4, 0.5) is 26.3 Å². The van der Waals surface area contributed by atoms with Crippen LogP contribution in [0.25, 0.3) is 0 Å². The minimum atomic E-state index is -4.55. The number of likely N-dealkylation sites (N-methyl/N-ethyl adjacent to an activating group) is 5. The molecule has 32 heteroatoms. The zero-order valence-corrected chi connectivity index (χ0v) is 64.0. The average Bonchev–Trinajstić information content (AvgIpc) is 1.52. The van der Waals surface area contributed by atoms with Crippen molar-refractivity contribution in [2.45, 2.75) is 260 Å². The summed E-state index contributed by atoms with van der Waals surface area (Å²) in [6, 6.07) is -9.09. The molecule has 598 valence electrons. The molecular formula is C74H115ClF6N12O13. The molecule has 3 N–H and O–H groups in total. The van der Waals surface area contributed by atoms with E-state index in [9.17, 15) is 50.3 Å². The Morgan fingerprint density at radius 1 is 0.594 bits per heavy atom. The first kappa shape index (κ1) is 85.1. The van der Waals surface area contributed by atoms with Crippen LogP contribution in [-0.2, 0) is 62.3 Å². The topological polar surface area (TPSA) is 279 Å². The van der Waals surface area contributed by atoms with Gasteiger partial charge in [0.25, 0.3) is 0 Å². The number of hydrogen-bond acceptors (Lipinski definition) is 13. The lowest BCUT2D eigenvalue weighted by Crippen LogP contribution is -2.65. The van der Waals surface area contributed by atoms with E-state index in [1.165, 1.54) is 64.6 Å². The van der Waals surface area contributed by atoms with E-state index in [4.69, 9.17) is 16.3 Å². The minimum Gasteiger partial charge on any atom is -0.378 e. The van der Waals surface area contributed by atoms with Crippen molar-refractivity contribution in [3.8, 4) is 0 Å². The van der Waals surface area contributed by atoms with E-state index in [0.29, 0.717) is 57.8 Å². The number of morpholine rings is 1. The molecule has 0 bridgehead atoms. The summed E-state index contributed by atoms with van der Waals surface area (Å²) in [4.78, 5) is 192. The number of amides is 12. The Bertz CT molecular complexity index is 3110. The highest BCUT2D eigenvalue weighted by Crippen LogP contribution is 2.45. The van der Waals surface area contributed by atoms with E-state index in [1.807, 2.05) is 6.92 Å². The molecule has 8 rings (SSSR count). The summed E-state index contributed by atoms with van der Waals surface area (Å²) < 4.78 is 90.0. The van der Waals surface area contributed by atoms with Crippen LogP contribution in [0.3, 0.4) is 0 Å². The summed E-state index contributed by atoms with van der Waals surface area (Å²) in [5, 5.41) is 7.47. The summed E-state index contributed by atoms with van der Waals surface area (Å²) in [6.45, 7) is 3.97. The predicted molar refractivity (Wildman–Crippen MR) is 379 cm³/mol. The maximum Gasteiger partial charge on any atom is 0.393 e. The minimum absolute atomic E-state index is 0.00812. The monoisotopic (exact) mass is 1530 g/mol. The van der Waals surface area contributed by atoms with Gasteiger partial charge in [0.2, 0.25) is 70.9 Å². The number of rotatable bonds is 11. The van der Waals surface area contributed by atoms with Gasteiger partial charge in [-0.05, 0) is 146 Å².